The zero-order chi connectivity index (χ0) is 15.6. The van der Waals surface area contributed by atoms with E-state index < -0.39 is 24.6 Å². The maximum atomic E-state index is 12.6. The van der Waals surface area contributed by atoms with Crippen LogP contribution in [0.15, 0.2) is 0 Å². The van der Waals surface area contributed by atoms with E-state index in [0.29, 0.717) is 25.0 Å². The fourth-order valence-electron chi connectivity index (χ4n) is 2.51. The summed E-state index contributed by atoms with van der Waals surface area (Å²) in [5.41, 5.74) is 0.456. The summed E-state index contributed by atoms with van der Waals surface area (Å²) in [5, 5.41) is 9.48. The molecule has 1 aliphatic carbocycles. The van der Waals surface area contributed by atoms with Crippen LogP contribution in [0.2, 0.25) is 0 Å². The number of fused-ring (bicyclic) bond motifs is 1. The number of hydrogen-bond acceptors (Lipinski definition) is 4. The molecule has 0 saturated carbocycles. The summed E-state index contributed by atoms with van der Waals surface area (Å²) >= 11 is 1.20. The summed E-state index contributed by atoms with van der Waals surface area (Å²) in [6.07, 6.45) is -1.80. The number of thiazole rings is 1. The number of rotatable bonds is 5. The van der Waals surface area contributed by atoms with Gasteiger partial charge in [-0.25, -0.2) is 4.98 Å². The Morgan fingerprint density at radius 3 is 2.81 bits per heavy atom. The summed E-state index contributed by atoms with van der Waals surface area (Å²) in [7, 11) is 0. The van der Waals surface area contributed by atoms with Gasteiger partial charge in [-0.2, -0.15) is 13.2 Å². The van der Waals surface area contributed by atoms with E-state index in [0.717, 1.165) is 11.3 Å². The van der Waals surface area contributed by atoms with Crippen LogP contribution in [0, 0.1) is 0 Å². The van der Waals surface area contributed by atoms with E-state index in [9.17, 15) is 23.1 Å². The molecule has 0 saturated heterocycles. The number of carboxylic acid groups (broad SMARTS) is 1. The van der Waals surface area contributed by atoms with Crippen LogP contribution in [0.5, 0.6) is 0 Å². The molecule has 0 aliphatic heterocycles. The van der Waals surface area contributed by atoms with Gasteiger partial charge < -0.3 is 10.0 Å². The number of hydrogen-bond donors (Lipinski definition) is 1. The van der Waals surface area contributed by atoms with Gasteiger partial charge in [-0.05, 0) is 25.7 Å². The Morgan fingerprint density at radius 2 is 2.24 bits per heavy atom. The van der Waals surface area contributed by atoms with E-state index >= 15 is 0 Å². The first-order chi connectivity index (χ1) is 9.81. The Morgan fingerprint density at radius 1 is 1.52 bits per heavy atom. The van der Waals surface area contributed by atoms with Crippen LogP contribution in [0.1, 0.15) is 42.7 Å². The van der Waals surface area contributed by atoms with Crippen LogP contribution < -0.4 is 4.90 Å². The quantitative estimate of drug-likeness (QED) is 0.902. The average molecular weight is 322 g/mol. The number of halogens is 3. The van der Waals surface area contributed by atoms with E-state index in [-0.39, 0.29) is 11.7 Å². The molecule has 0 amide bonds. The summed E-state index contributed by atoms with van der Waals surface area (Å²) in [6, 6.07) is 0. The van der Waals surface area contributed by atoms with Gasteiger partial charge in [0, 0.05) is 11.4 Å². The number of aromatic nitrogens is 1. The molecule has 1 N–H and O–H groups in total. The van der Waals surface area contributed by atoms with Crippen molar-refractivity contribution in [2.24, 2.45) is 0 Å². The van der Waals surface area contributed by atoms with Gasteiger partial charge >= 0.3 is 12.1 Å². The van der Waals surface area contributed by atoms with Crippen molar-refractivity contribution in [1.29, 1.82) is 0 Å². The molecular formula is C13H17F3N2O2S. The Bertz CT molecular complexity index is 516. The van der Waals surface area contributed by atoms with Crippen molar-refractivity contribution in [2.45, 2.75) is 44.7 Å². The molecule has 1 aromatic rings. The lowest BCUT2D eigenvalue weighted by molar-refractivity contribution is -0.139. The number of carboxylic acids is 1. The highest BCUT2D eigenvalue weighted by Crippen LogP contribution is 2.38. The fraction of sp³-hybridized carbons (Fsp3) is 0.692. The van der Waals surface area contributed by atoms with Gasteiger partial charge in [-0.15, -0.1) is 11.3 Å². The van der Waals surface area contributed by atoms with Gasteiger partial charge in [0.05, 0.1) is 5.69 Å². The minimum Gasteiger partial charge on any atom is -0.481 e. The average Bonchev–Trinajstić information content (AvgIpc) is 2.79. The van der Waals surface area contributed by atoms with Crippen molar-refractivity contribution in [3.8, 4) is 0 Å². The van der Waals surface area contributed by atoms with Crippen molar-refractivity contribution in [3.05, 3.63) is 10.6 Å². The molecule has 0 bridgehead atoms. The minimum absolute atomic E-state index is 0.254. The van der Waals surface area contributed by atoms with E-state index in [1.165, 1.54) is 16.2 Å². The molecule has 8 heteroatoms. The Balaban J connectivity index is 2.28. The van der Waals surface area contributed by atoms with E-state index in [1.807, 2.05) is 0 Å². The standard InChI is InChI=1S/C13H17F3N2O2S/c1-2-6-18(7-13(14,15)16)12-17-10-8(11(19)20)4-3-5-9(10)21-12/h8H,2-7H2,1H3,(H,19,20). The number of alkyl halides is 3. The summed E-state index contributed by atoms with van der Waals surface area (Å²) < 4.78 is 37.9. The molecule has 1 atom stereocenters. The van der Waals surface area contributed by atoms with Gasteiger partial charge in [-0.3, -0.25) is 4.79 Å². The zero-order valence-corrected chi connectivity index (χ0v) is 12.4. The first kappa shape index (κ1) is 16.1. The fourth-order valence-corrected chi connectivity index (χ4v) is 3.70. The third-order valence-corrected chi connectivity index (χ3v) is 4.57. The zero-order valence-electron chi connectivity index (χ0n) is 11.6. The first-order valence-electron chi connectivity index (χ1n) is 6.86. The number of aliphatic carboxylic acids is 1. The van der Waals surface area contributed by atoms with Crippen molar-refractivity contribution >= 4 is 22.4 Å². The second-order valence-corrected chi connectivity index (χ2v) is 6.19. The van der Waals surface area contributed by atoms with Crippen LogP contribution in [0.4, 0.5) is 18.3 Å². The molecule has 1 aromatic heterocycles. The topological polar surface area (TPSA) is 53.4 Å². The molecule has 1 aliphatic rings. The second-order valence-electron chi connectivity index (χ2n) is 5.12. The highest BCUT2D eigenvalue weighted by Gasteiger charge is 2.34. The van der Waals surface area contributed by atoms with Crippen LogP contribution in [0.3, 0.4) is 0 Å². The van der Waals surface area contributed by atoms with Crippen LogP contribution in [-0.4, -0.2) is 35.3 Å². The van der Waals surface area contributed by atoms with Gasteiger partial charge in [0.25, 0.3) is 0 Å². The number of nitrogens with zero attached hydrogens (tertiary/aromatic N) is 2. The molecule has 1 heterocycles. The molecule has 2 rings (SSSR count). The largest absolute Gasteiger partial charge is 0.481 e. The molecule has 21 heavy (non-hydrogen) atoms. The lowest BCUT2D eigenvalue weighted by atomic mass is 9.91. The number of aryl methyl sites for hydroxylation is 1. The van der Waals surface area contributed by atoms with Crippen molar-refractivity contribution in [2.75, 3.05) is 18.0 Å². The third-order valence-electron chi connectivity index (χ3n) is 3.38. The number of carbonyl (C=O) groups is 1. The van der Waals surface area contributed by atoms with Crippen LogP contribution >= 0.6 is 11.3 Å². The van der Waals surface area contributed by atoms with Crippen molar-refractivity contribution in [1.82, 2.24) is 4.98 Å². The molecule has 4 nitrogen and oxygen atoms in total. The summed E-state index contributed by atoms with van der Waals surface area (Å²) in [5.74, 6) is -1.64. The Labute approximate surface area is 124 Å². The lowest BCUT2D eigenvalue weighted by Crippen LogP contribution is -2.34. The summed E-state index contributed by atoms with van der Waals surface area (Å²) in [4.78, 5) is 17.5. The minimum atomic E-state index is -4.30. The van der Waals surface area contributed by atoms with E-state index in [2.05, 4.69) is 4.98 Å². The second kappa shape index (κ2) is 6.21. The van der Waals surface area contributed by atoms with Gasteiger partial charge in [-0.1, -0.05) is 6.92 Å². The molecule has 118 valence electrons. The molecule has 0 radical (unpaired) electrons. The highest BCUT2D eigenvalue weighted by atomic mass is 32.1. The van der Waals surface area contributed by atoms with Gasteiger partial charge in [0.2, 0.25) is 0 Å². The van der Waals surface area contributed by atoms with Crippen LogP contribution in [0.25, 0.3) is 0 Å². The van der Waals surface area contributed by atoms with Crippen molar-refractivity contribution in [3.63, 3.8) is 0 Å². The third kappa shape index (κ3) is 3.87. The number of anilines is 1. The lowest BCUT2D eigenvalue weighted by Gasteiger charge is -2.22. The molecule has 0 aromatic carbocycles. The smallest absolute Gasteiger partial charge is 0.406 e. The Hall–Kier alpha value is -1.31. The maximum absolute atomic E-state index is 12.6. The van der Waals surface area contributed by atoms with Crippen LogP contribution in [-0.2, 0) is 11.2 Å². The molecule has 0 fully saturated rings. The first-order valence-corrected chi connectivity index (χ1v) is 7.67. The SMILES string of the molecule is CCCN(CC(F)(F)F)c1nc2c(s1)CCCC2C(=O)O. The maximum Gasteiger partial charge on any atom is 0.406 e. The predicted octanol–water partition coefficient (Wildman–Crippen LogP) is 3.43. The summed E-state index contributed by atoms with van der Waals surface area (Å²) in [6.45, 7) is 1.01. The normalized spacial score (nSPS) is 18.4. The molecule has 0 spiro atoms. The molecule has 1 unspecified atom stereocenters. The Kier molecular flexibility index (Phi) is 4.75. The van der Waals surface area contributed by atoms with Crippen molar-refractivity contribution < 1.29 is 23.1 Å². The van der Waals surface area contributed by atoms with E-state index in [1.54, 1.807) is 6.92 Å². The van der Waals surface area contributed by atoms with Gasteiger partial charge in [0.1, 0.15) is 12.5 Å². The predicted molar refractivity (Wildman–Crippen MR) is 74.0 cm³/mol. The molecular weight excluding hydrogens is 305 g/mol. The monoisotopic (exact) mass is 322 g/mol. The van der Waals surface area contributed by atoms with E-state index in [4.69, 9.17) is 0 Å². The highest BCUT2D eigenvalue weighted by molar-refractivity contribution is 7.15. The van der Waals surface area contributed by atoms with Gasteiger partial charge in [0.15, 0.2) is 5.13 Å².